The van der Waals surface area contributed by atoms with Crippen LogP contribution in [0.4, 0.5) is 0 Å². The number of hydrogen-bond acceptors (Lipinski definition) is 4. The van der Waals surface area contributed by atoms with E-state index in [1.54, 1.807) is 18.2 Å². The number of hydroxylamine groups is 2. The molecule has 3 aliphatic rings. The second kappa shape index (κ2) is 6.24. The Hall–Kier alpha value is -2.24. The Kier molecular flexibility index (Phi) is 4.06. The maximum Gasteiger partial charge on any atom is 0.281 e. The first kappa shape index (κ1) is 16.2. The van der Waals surface area contributed by atoms with Crippen LogP contribution >= 0.6 is 0 Å². The third-order valence-corrected chi connectivity index (χ3v) is 5.67. The van der Waals surface area contributed by atoms with E-state index in [0.717, 1.165) is 32.4 Å². The molecule has 1 atom stereocenters. The van der Waals surface area contributed by atoms with Crippen molar-refractivity contribution in [3.8, 4) is 0 Å². The highest BCUT2D eigenvalue weighted by Crippen LogP contribution is 2.40. The van der Waals surface area contributed by atoms with Crippen LogP contribution in [-0.2, 0) is 17.6 Å². The van der Waals surface area contributed by atoms with Crippen LogP contribution < -0.4 is 5.32 Å². The number of benzene rings is 1. The lowest BCUT2D eigenvalue weighted by Crippen LogP contribution is -2.32. The van der Waals surface area contributed by atoms with Crippen LogP contribution in [0.15, 0.2) is 42.1 Å². The zero-order chi connectivity index (χ0) is 17.4. The van der Waals surface area contributed by atoms with Gasteiger partial charge in [0.1, 0.15) is 0 Å². The summed E-state index contributed by atoms with van der Waals surface area (Å²) in [5.74, 6) is -0.606. The van der Waals surface area contributed by atoms with Gasteiger partial charge in [0.25, 0.3) is 5.91 Å². The summed E-state index contributed by atoms with van der Waals surface area (Å²) in [6, 6.07) is 5.71. The van der Waals surface area contributed by atoms with E-state index < -0.39 is 5.91 Å². The highest BCUT2D eigenvalue weighted by atomic mass is 16.5. The molecular weight excluding hydrogens is 316 g/mol. The van der Waals surface area contributed by atoms with E-state index >= 15 is 0 Å². The number of rotatable bonds is 2. The Morgan fingerprint density at radius 2 is 2.12 bits per heavy atom. The maximum atomic E-state index is 12.6. The van der Waals surface area contributed by atoms with Crippen molar-refractivity contribution in [1.29, 1.82) is 0 Å². The summed E-state index contributed by atoms with van der Waals surface area (Å²) in [5.41, 5.74) is 3.66. The lowest BCUT2D eigenvalue weighted by Gasteiger charge is -2.34. The second-order valence-electron chi connectivity index (χ2n) is 7.36. The van der Waals surface area contributed by atoms with Gasteiger partial charge in [-0.3, -0.25) is 14.8 Å². The van der Waals surface area contributed by atoms with Gasteiger partial charge in [-0.05, 0) is 73.1 Å². The molecule has 0 radical (unpaired) electrons. The Morgan fingerprint density at radius 3 is 2.88 bits per heavy atom. The number of allylic oxidation sites excluding steroid dienone is 4. The van der Waals surface area contributed by atoms with Gasteiger partial charge in [0.15, 0.2) is 5.78 Å². The SMILES string of the molecule is O=C1C=CC=C(N(O)C(=O)c2ccc3c(c2)CC[C@]2(CCNC2)C3)C1. The van der Waals surface area contributed by atoms with Crippen molar-refractivity contribution in [2.24, 2.45) is 5.41 Å². The molecule has 1 amide bonds. The summed E-state index contributed by atoms with van der Waals surface area (Å²) in [7, 11) is 0. The Morgan fingerprint density at radius 1 is 1.24 bits per heavy atom. The summed E-state index contributed by atoms with van der Waals surface area (Å²) in [6.07, 6.45) is 9.00. The van der Waals surface area contributed by atoms with Crippen molar-refractivity contribution >= 4 is 11.7 Å². The average Bonchev–Trinajstić information content (AvgIpc) is 3.08. The number of hydrogen-bond donors (Lipinski definition) is 2. The van der Waals surface area contributed by atoms with Crippen molar-refractivity contribution < 1.29 is 14.8 Å². The topological polar surface area (TPSA) is 69.6 Å². The van der Waals surface area contributed by atoms with E-state index in [1.165, 1.54) is 23.6 Å². The van der Waals surface area contributed by atoms with Crippen LogP contribution in [0.25, 0.3) is 0 Å². The lowest BCUT2D eigenvalue weighted by molar-refractivity contribution is -0.115. The summed E-state index contributed by atoms with van der Waals surface area (Å²) in [5, 5.41) is 14.3. The number of carbonyl (C=O) groups is 2. The molecule has 1 heterocycles. The third kappa shape index (κ3) is 3.05. The number of fused-ring (bicyclic) bond motifs is 1. The summed E-state index contributed by atoms with van der Waals surface area (Å²) < 4.78 is 0. The molecule has 1 aromatic carbocycles. The highest BCUT2D eigenvalue weighted by molar-refractivity contribution is 5.97. The van der Waals surface area contributed by atoms with E-state index in [0.29, 0.717) is 21.7 Å². The van der Waals surface area contributed by atoms with E-state index in [2.05, 4.69) is 5.32 Å². The summed E-state index contributed by atoms with van der Waals surface area (Å²) in [6.45, 7) is 2.17. The molecule has 2 N–H and O–H groups in total. The fourth-order valence-corrected chi connectivity index (χ4v) is 4.18. The molecule has 1 aliphatic heterocycles. The van der Waals surface area contributed by atoms with Crippen molar-refractivity contribution in [3.63, 3.8) is 0 Å². The molecule has 1 saturated heterocycles. The number of nitrogens with zero attached hydrogens (tertiary/aromatic N) is 1. The van der Waals surface area contributed by atoms with Gasteiger partial charge in [-0.1, -0.05) is 12.1 Å². The molecule has 5 nitrogen and oxygen atoms in total. The zero-order valence-electron chi connectivity index (χ0n) is 14.1. The van der Waals surface area contributed by atoms with Gasteiger partial charge in [0.05, 0.1) is 12.1 Å². The first-order valence-corrected chi connectivity index (χ1v) is 8.82. The molecule has 1 spiro atoms. The van der Waals surface area contributed by atoms with E-state index in [4.69, 9.17) is 0 Å². The lowest BCUT2D eigenvalue weighted by atomic mass is 9.71. The number of carbonyl (C=O) groups excluding carboxylic acids is 2. The van der Waals surface area contributed by atoms with E-state index in [-0.39, 0.29) is 12.2 Å². The Labute approximate surface area is 147 Å². The fourth-order valence-electron chi connectivity index (χ4n) is 4.18. The predicted molar refractivity (Wildman–Crippen MR) is 93.2 cm³/mol. The molecular formula is C20H22N2O3. The van der Waals surface area contributed by atoms with Crippen LogP contribution in [0.5, 0.6) is 0 Å². The number of nitrogens with one attached hydrogen (secondary N) is 1. The largest absolute Gasteiger partial charge is 0.316 e. The Balaban J connectivity index is 1.54. The van der Waals surface area contributed by atoms with E-state index in [1.807, 2.05) is 12.1 Å². The molecule has 0 saturated carbocycles. The maximum absolute atomic E-state index is 12.6. The minimum atomic E-state index is -0.486. The van der Waals surface area contributed by atoms with Crippen LogP contribution in [0, 0.1) is 5.41 Å². The van der Waals surface area contributed by atoms with Crippen molar-refractivity contribution in [1.82, 2.24) is 10.4 Å². The second-order valence-corrected chi connectivity index (χ2v) is 7.36. The quantitative estimate of drug-likeness (QED) is 0.642. The van der Waals surface area contributed by atoms with Crippen molar-refractivity contribution in [2.45, 2.75) is 32.1 Å². The molecule has 0 unspecified atom stereocenters. The molecule has 1 aromatic rings. The van der Waals surface area contributed by atoms with Crippen LogP contribution in [0.3, 0.4) is 0 Å². The molecule has 0 bridgehead atoms. The van der Waals surface area contributed by atoms with Gasteiger partial charge in [0.2, 0.25) is 0 Å². The molecule has 0 aromatic heterocycles. The van der Waals surface area contributed by atoms with Crippen molar-refractivity contribution in [2.75, 3.05) is 13.1 Å². The molecule has 2 aliphatic carbocycles. The molecule has 130 valence electrons. The first-order valence-electron chi connectivity index (χ1n) is 8.82. The third-order valence-electron chi connectivity index (χ3n) is 5.67. The van der Waals surface area contributed by atoms with Crippen LogP contribution in [0.1, 0.15) is 40.7 Å². The first-order chi connectivity index (χ1) is 12.1. The standard InChI is InChI=1S/C20H22N2O3/c23-18-3-1-2-17(11-18)22(25)19(24)15-4-5-16-12-20(8-9-21-13-20)7-6-14(16)10-15/h1-5,10,21,25H,6-9,11-13H2/t20-/m0/s1. The van der Waals surface area contributed by atoms with Gasteiger partial charge >= 0.3 is 0 Å². The fraction of sp³-hybridized carbons (Fsp3) is 0.400. The van der Waals surface area contributed by atoms with Gasteiger partial charge < -0.3 is 5.32 Å². The zero-order valence-corrected chi connectivity index (χ0v) is 14.1. The van der Waals surface area contributed by atoms with E-state index in [9.17, 15) is 14.8 Å². The van der Waals surface area contributed by atoms with Crippen molar-refractivity contribution in [3.05, 3.63) is 58.8 Å². The summed E-state index contributed by atoms with van der Waals surface area (Å²) in [4.78, 5) is 24.0. The average molecular weight is 338 g/mol. The molecule has 5 heteroatoms. The van der Waals surface area contributed by atoms with Gasteiger partial charge in [-0.25, -0.2) is 0 Å². The summed E-state index contributed by atoms with van der Waals surface area (Å²) >= 11 is 0. The number of aryl methyl sites for hydroxylation is 1. The minimum absolute atomic E-state index is 0.0409. The monoisotopic (exact) mass is 338 g/mol. The highest BCUT2D eigenvalue weighted by Gasteiger charge is 2.37. The number of ketones is 1. The number of amides is 1. The molecule has 4 rings (SSSR count). The van der Waals surface area contributed by atoms with Crippen LogP contribution in [-0.4, -0.2) is 35.1 Å². The van der Waals surface area contributed by atoms with Gasteiger partial charge in [-0.2, -0.15) is 5.06 Å². The molecule has 1 fully saturated rings. The minimum Gasteiger partial charge on any atom is -0.316 e. The van der Waals surface area contributed by atoms with Gasteiger partial charge in [0, 0.05) is 12.1 Å². The Bertz CT molecular complexity index is 788. The van der Waals surface area contributed by atoms with Crippen LogP contribution in [0.2, 0.25) is 0 Å². The molecule has 25 heavy (non-hydrogen) atoms. The van der Waals surface area contributed by atoms with Gasteiger partial charge in [-0.15, -0.1) is 0 Å². The predicted octanol–water partition coefficient (Wildman–Crippen LogP) is 2.40. The normalized spacial score (nSPS) is 25.0. The smallest absolute Gasteiger partial charge is 0.281 e.